The van der Waals surface area contributed by atoms with Crippen LogP contribution < -0.4 is 92.3 Å². The molecule has 2 aromatic carbocycles. The fourth-order valence-electron chi connectivity index (χ4n) is 12.3. The summed E-state index contributed by atoms with van der Waals surface area (Å²) >= 11 is 2.77. The zero-order chi connectivity index (χ0) is 84.6. The van der Waals surface area contributed by atoms with Gasteiger partial charge in [-0.25, -0.2) is 4.68 Å². The number of carboxylic acid groups (broad SMARTS) is 1. The Hall–Kier alpha value is -11.1. The van der Waals surface area contributed by atoms with E-state index in [1.165, 1.54) is 42.2 Å². The van der Waals surface area contributed by atoms with Crippen LogP contribution in [0, 0.1) is 11.8 Å². The van der Waals surface area contributed by atoms with E-state index < -0.39 is 211 Å². The highest BCUT2D eigenvalue weighted by Gasteiger charge is 2.46. The number of thioether (sulfide) groups is 2. The minimum atomic E-state index is -1.95. The Morgan fingerprint density at radius 2 is 1.15 bits per heavy atom. The molecule has 626 valence electrons. The van der Waals surface area contributed by atoms with Crippen molar-refractivity contribution < 1.29 is 86.9 Å². The van der Waals surface area contributed by atoms with Crippen molar-refractivity contribution in [2.75, 3.05) is 50.8 Å². The maximum Gasteiger partial charge on any atom is 0.303 e. The number of nitrogens with one attached hydrogen (secondary N) is 11. The number of H-pyrrole nitrogens is 1. The predicted molar refractivity (Wildman–Crippen MR) is 422 cm³/mol. The Labute approximate surface area is 666 Å². The van der Waals surface area contributed by atoms with E-state index in [0.717, 1.165) is 4.90 Å². The predicted octanol–water partition coefficient (Wildman–Crippen LogP) is -4.24. The molecule has 2 aromatic heterocycles. The van der Waals surface area contributed by atoms with Crippen molar-refractivity contribution in [1.29, 1.82) is 0 Å². The lowest BCUT2D eigenvalue weighted by Crippen LogP contribution is -2.62. The van der Waals surface area contributed by atoms with Gasteiger partial charge in [-0.2, -0.15) is 23.5 Å². The quantitative estimate of drug-likeness (QED) is 0.0113. The van der Waals surface area contributed by atoms with Gasteiger partial charge in [-0.3, -0.25) is 76.9 Å². The fraction of sp³-hybridized carbons (Fsp3) is 0.556. The summed E-state index contributed by atoms with van der Waals surface area (Å²) in [6.07, 6.45) is 4.10. The van der Waals surface area contributed by atoms with Crippen LogP contribution in [0.3, 0.4) is 0 Å². The van der Waals surface area contributed by atoms with E-state index in [1.54, 1.807) is 101 Å². The SMILES string of the molecule is CC[C@H](C)[C@H](NC(=O)[C@@H](N)CCCN=C(N)N)C(=O)N[C@@H](CC(N)=O)C(=O)N[C@@H](CC(N)=O)C(=O)N[C@H](C(=O)N1C[C@@H](n2cc(-c3ccccc3OC)nn2)C[C@H]1C(=O)N[C@@H](Cc1c[nH]c2ccccc12)C(=O)N[C@@H](CO)C(=O)N[C@@H](CCC(=O)O)C(=O)N[C@@H](C)C(=O)N[C@@H](CCSC)C(=O)N[C@@H](CCSC)C(N)=O)[C@@H](C)CC. The molecule has 114 heavy (non-hydrogen) atoms. The molecule has 0 radical (unpaired) electrons. The molecule has 4 aromatic rings. The van der Waals surface area contributed by atoms with E-state index in [2.05, 4.69) is 73.5 Å². The number of aliphatic carboxylic acids is 1. The number of aromatic nitrogens is 4. The number of ether oxygens (including phenoxy) is 1. The highest BCUT2D eigenvalue weighted by atomic mass is 32.2. The van der Waals surface area contributed by atoms with E-state index in [0.29, 0.717) is 57.8 Å². The number of methoxy groups -OCH3 is 1. The third-order valence-electron chi connectivity index (χ3n) is 19.2. The minimum Gasteiger partial charge on any atom is -0.496 e. The van der Waals surface area contributed by atoms with Crippen molar-refractivity contribution in [3.05, 3.63) is 66.5 Å². The van der Waals surface area contributed by atoms with Gasteiger partial charge in [0.05, 0.1) is 44.8 Å². The average molecular weight is 1630 g/mol. The number of para-hydroxylation sites is 2. The number of carbonyl (C=O) groups excluding carboxylic acids is 14. The van der Waals surface area contributed by atoms with Crippen LogP contribution in [-0.2, 0) is 78.3 Å². The molecule has 1 saturated heterocycles. The number of rotatable bonds is 49. The summed E-state index contributed by atoms with van der Waals surface area (Å²) in [4.78, 5) is 216. The van der Waals surface area contributed by atoms with Gasteiger partial charge < -0.3 is 112 Å². The van der Waals surface area contributed by atoms with Crippen LogP contribution in [0.15, 0.2) is 65.9 Å². The maximum atomic E-state index is 15.7. The fourth-order valence-corrected chi connectivity index (χ4v) is 13.2. The number of nitrogens with two attached hydrogens (primary N) is 6. The van der Waals surface area contributed by atoms with Crippen molar-refractivity contribution in [2.45, 2.75) is 190 Å². The molecule has 3 heterocycles. The number of hydrogen-bond acceptors (Lipinski definition) is 23. The summed E-state index contributed by atoms with van der Waals surface area (Å²) < 4.78 is 6.99. The Balaban J connectivity index is 1.49. The number of primary amides is 3. The van der Waals surface area contributed by atoms with Crippen LogP contribution in [-0.4, -0.2) is 253 Å². The molecule has 14 amide bonds. The molecule has 0 aliphatic carbocycles. The van der Waals surface area contributed by atoms with Gasteiger partial charge in [0.25, 0.3) is 0 Å². The van der Waals surface area contributed by atoms with Crippen LogP contribution in [0.2, 0.25) is 0 Å². The zero-order valence-corrected chi connectivity index (χ0v) is 66.5. The van der Waals surface area contributed by atoms with Crippen LogP contribution in [0.25, 0.3) is 22.2 Å². The standard InChI is InChI=1S/C72H108N22O18S2/c1-9-36(3)58(89-62(102)43(73)18-15-25-79-72(77)78)70(110)87-49(30-55(74)96)66(106)85-50(31-56(75)97)67(107)90-59(37(4)10-2)71(111)93-33-40(94-34-51(91-92-94)42-17-12-14-20-54(42)112-6)29-53(93)69(109)86-48(28-39-32-80-44-19-13-11-16-41(39)44)65(105)88-52(35-95)68(108)84-46(21-22-57(98)99)63(103)81-38(5)61(101)83-47(24-27-114-8)64(104)82-45(60(76)100)23-26-113-7/h11-14,16-17,19-20,32,34,36-38,40,43,45-50,52-53,58-59,80,95H,9-10,15,18,21-31,33,35,73H2,1-8H3,(H2,74,96)(H2,75,97)(H2,76,100)(H,81,103)(H,82,104)(H,83,101)(H,84,108)(H,85,106)(H,86,109)(H,87,110)(H,88,105)(H,89,102)(H,90,107)(H,98,99)(H4,77,78,79)/t36-,37-,38-,40-,43-,45-,46-,47-,48-,49-,50-,52-,53-,58-,59-/m0/s1. The largest absolute Gasteiger partial charge is 0.496 e. The normalized spacial score (nSPS) is 16.6. The number of guanidine groups is 1. The van der Waals surface area contributed by atoms with Gasteiger partial charge in [-0.1, -0.05) is 76.1 Å². The minimum absolute atomic E-state index is 0.0862. The highest BCUT2D eigenvalue weighted by molar-refractivity contribution is 7.98. The summed E-state index contributed by atoms with van der Waals surface area (Å²) in [5, 5.41) is 54.9. The lowest BCUT2D eigenvalue weighted by atomic mass is 9.96. The van der Waals surface area contributed by atoms with E-state index in [-0.39, 0.29) is 57.6 Å². The molecule has 1 aliphatic rings. The number of carboxylic acids is 1. The Bertz CT molecular complexity index is 4070. The van der Waals surface area contributed by atoms with Crippen molar-refractivity contribution in [3.8, 4) is 17.0 Å². The molecule has 0 unspecified atom stereocenters. The van der Waals surface area contributed by atoms with E-state index in [9.17, 15) is 67.7 Å². The van der Waals surface area contributed by atoms with Crippen molar-refractivity contribution in [2.24, 2.45) is 51.2 Å². The number of likely N-dealkylation sites (tertiary alicyclic amines) is 1. The lowest BCUT2D eigenvalue weighted by Gasteiger charge is -2.33. The van der Waals surface area contributed by atoms with Crippen molar-refractivity contribution >= 4 is 129 Å². The Morgan fingerprint density at radius 1 is 0.623 bits per heavy atom. The Kier molecular flexibility index (Phi) is 37.8. The van der Waals surface area contributed by atoms with Crippen LogP contribution in [0.1, 0.15) is 117 Å². The van der Waals surface area contributed by atoms with E-state index in [4.69, 9.17) is 39.1 Å². The summed E-state index contributed by atoms with van der Waals surface area (Å²) in [5.74, 6) is -15.9. The number of fused-ring (bicyclic) bond motifs is 1. The number of aromatic amines is 1. The van der Waals surface area contributed by atoms with Gasteiger partial charge in [0.2, 0.25) is 82.7 Å². The molecule has 1 fully saturated rings. The molecule has 0 saturated carbocycles. The smallest absolute Gasteiger partial charge is 0.303 e. The molecule has 0 spiro atoms. The number of aliphatic hydroxyl groups excluding tert-OH is 1. The summed E-state index contributed by atoms with van der Waals surface area (Å²) in [5.41, 5.74) is 35.6. The summed E-state index contributed by atoms with van der Waals surface area (Å²) in [6.45, 7) is 6.50. The third-order valence-corrected chi connectivity index (χ3v) is 20.5. The second kappa shape index (κ2) is 46.1. The second-order valence-corrected chi connectivity index (χ2v) is 29.6. The average Bonchev–Trinajstić information content (AvgIpc) is 1.64. The van der Waals surface area contributed by atoms with Crippen LogP contribution in [0.5, 0.6) is 5.75 Å². The van der Waals surface area contributed by atoms with Crippen molar-refractivity contribution in [1.82, 2.24) is 78.0 Å². The molecule has 40 nitrogen and oxygen atoms in total. The Morgan fingerprint density at radius 3 is 1.75 bits per heavy atom. The number of hydrogen-bond donors (Lipinski definition) is 19. The molecule has 42 heteroatoms. The van der Waals surface area contributed by atoms with Crippen LogP contribution >= 0.6 is 23.5 Å². The monoisotopic (exact) mass is 1630 g/mol. The number of nitrogens with zero attached hydrogens (tertiary/aromatic N) is 5. The first-order valence-electron chi connectivity index (χ1n) is 37.0. The lowest BCUT2D eigenvalue weighted by molar-refractivity contribution is -0.144. The summed E-state index contributed by atoms with van der Waals surface area (Å²) in [7, 11) is 1.45. The second-order valence-electron chi connectivity index (χ2n) is 27.6. The van der Waals surface area contributed by atoms with Crippen LogP contribution in [0.4, 0.5) is 0 Å². The number of benzene rings is 2. The zero-order valence-electron chi connectivity index (χ0n) is 64.9. The number of aliphatic hydroxyl groups is 1. The third kappa shape index (κ3) is 28.2. The van der Waals surface area contributed by atoms with Gasteiger partial charge in [0.15, 0.2) is 5.96 Å². The molecule has 1 aliphatic heterocycles. The number of carbonyl (C=O) groups is 15. The van der Waals surface area contributed by atoms with E-state index in [1.807, 2.05) is 0 Å². The highest BCUT2D eigenvalue weighted by Crippen LogP contribution is 2.33. The van der Waals surface area contributed by atoms with Gasteiger partial charge in [-0.05, 0) is 98.6 Å². The first kappa shape index (κ1) is 93.5. The topological polar surface area (TPSA) is 644 Å². The van der Waals surface area contributed by atoms with E-state index >= 15 is 14.4 Å². The van der Waals surface area contributed by atoms with Gasteiger partial charge >= 0.3 is 5.97 Å². The summed E-state index contributed by atoms with van der Waals surface area (Å²) in [6, 6.07) is -5.70. The molecular weight excluding hydrogens is 1530 g/mol. The number of amides is 14. The van der Waals surface area contributed by atoms with Gasteiger partial charge in [0.1, 0.15) is 77.9 Å². The molecule has 0 bridgehead atoms. The number of aliphatic imine (C=N–C) groups is 1. The molecular formula is C72H108N22O18S2. The molecule has 25 N–H and O–H groups in total. The van der Waals surface area contributed by atoms with Crippen molar-refractivity contribution in [3.63, 3.8) is 0 Å². The molecule has 15 atom stereocenters. The molecule has 5 rings (SSSR count). The first-order chi connectivity index (χ1) is 54.1. The van der Waals surface area contributed by atoms with Gasteiger partial charge in [-0.15, -0.1) is 5.10 Å². The maximum absolute atomic E-state index is 15.7. The first-order valence-corrected chi connectivity index (χ1v) is 39.8. The van der Waals surface area contributed by atoms with Gasteiger partial charge in [0, 0.05) is 55.0 Å².